The smallest absolute Gasteiger partial charge is 0.241 e. The Bertz CT molecular complexity index is 648. The Hall–Kier alpha value is -1.67. The second-order valence-electron chi connectivity index (χ2n) is 5.26. The van der Waals surface area contributed by atoms with Crippen LogP contribution < -0.4 is 15.4 Å². The van der Waals surface area contributed by atoms with Gasteiger partial charge < -0.3 is 10.6 Å². The van der Waals surface area contributed by atoms with E-state index < -0.39 is 15.8 Å². The van der Waals surface area contributed by atoms with E-state index in [0.29, 0.717) is 5.69 Å². The number of hydrogen-bond acceptors (Lipinski definition) is 4. The molecule has 1 amide bonds. The predicted molar refractivity (Wildman–Crippen MR) is 79.1 cm³/mol. The molecule has 3 N–H and O–H groups in total. The van der Waals surface area contributed by atoms with Gasteiger partial charge in [0.25, 0.3) is 0 Å². The van der Waals surface area contributed by atoms with E-state index >= 15 is 0 Å². The molecule has 2 rings (SSSR count). The Morgan fingerprint density at radius 3 is 2.71 bits per heavy atom. The van der Waals surface area contributed by atoms with Crippen LogP contribution in [0, 0.1) is 11.7 Å². The van der Waals surface area contributed by atoms with Crippen LogP contribution in [-0.4, -0.2) is 33.2 Å². The molecule has 1 fully saturated rings. The fourth-order valence-electron chi connectivity index (χ4n) is 2.29. The molecule has 0 aromatic heterocycles. The van der Waals surface area contributed by atoms with Crippen LogP contribution in [0.5, 0.6) is 0 Å². The number of carbonyl (C=O) groups is 1. The fraction of sp³-hybridized carbons (Fsp3) is 0.462. The van der Waals surface area contributed by atoms with Gasteiger partial charge in [-0.1, -0.05) is 6.92 Å². The van der Waals surface area contributed by atoms with Crippen LogP contribution in [-0.2, 0) is 14.8 Å². The summed E-state index contributed by atoms with van der Waals surface area (Å²) in [7, 11) is -3.58. The van der Waals surface area contributed by atoms with Crippen LogP contribution in [0.15, 0.2) is 18.2 Å². The average Bonchev–Trinajstić information content (AvgIpc) is 2.78. The normalized spacial score (nSPS) is 22.0. The highest BCUT2D eigenvalue weighted by Gasteiger charge is 2.29. The molecule has 21 heavy (non-hydrogen) atoms. The number of rotatable bonds is 4. The quantitative estimate of drug-likeness (QED) is 0.777. The van der Waals surface area contributed by atoms with Gasteiger partial charge in [-0.2, -0.15) is 0 Å². The molecule has 0 radical (unpaired) electrons. The number of benzene rings is 1. The molecule has 1 aromatic carbocycles. The lowest BCUT2D eigenvalue weighted by Gasteiger charge is -2.16. The van der Waals surface area contributed by atoms with Crippen molar-refractivity contribution in [2.75, 3.05) is 22.8 Å². The van der Waals surface area contributed by atoms with Gasteiger partial charge in [0.05, 0.1) is 18.0 Å². The summed E-state index contributed by atoms with van der Waals surface area (Å²) in [6.07, 6.45) is 1.85. The second kappa shape index (κ2) is 5.98. The molecule has 0 bridgehead atoms. The summed E-state index contributed by atoms with van der Waals surface area (Å²) in [6.45, 7) is 2.76. The van der Waals surface area contributed by atoms with Crippen molar-refractivity contribution in [3.63, 3.8) is 0 Å². The summed E-state index contributed by atoms with van der Waals surface area (Å²) in [5.74, 6) is -0.693. The van der Waals surface area contributed by atoms with Crippen LogP contribution in [0.2, 0.25) is 0 Å². The highest BCUT2D eigenvalue weighted by atomic mass is 32.2. The predicted octanol–water partition coefficient (Wildman–Crippen LogP) is 1.13. The second-order valence-corrected chi connectivity index (χ2v) is 7.00. The van der Waals surface area contributed by atoms with Gasteiger partial charge in [-0.05, 0) is 37.1 Å². The molecule has 1 aromatic rings. The molecule has 8 heteroatoms. The lowest BCUT2D eigenvalue weighted by molar-refractivity contribution is -0.118. The first-order valence-corrected chi connectivity index (χ1v) is 8.47. The van der Waals surface area contributed by atoms with Gasteiger partial charge in [0, 0.05) is 5.69 Å². The van der Waals surface area contributed by atoms with Crippen molar-refractivity contribution in [3.8, 4) is 0 Å². The third-order valence-corrected chi connectivity index (χ3v) is 3.94. The lowest BCUT2D eigenvalue weighted by atomic mass is 10.0. The van der Waals surface area contributed by atoms with E-state index in [0.717, 1.165) is 25.3 Å². The molecule has 2 atom stereocenters. The first-order chi connectivity index (χ1) is 9.76. The summed E-state index contributed by atoms with van der Waals surface area (Å²) < 4.78 is 37.9. The van der Waals surface area contributed by atoms with E-state index in [9.17, 15) is 17.6 Å². The molecular weight excluding hydrogens is 297 g/mol. The molecular formula is C13H18FN3O3S. The molecule has 1 aliphatic heterocycles. The zero-order valence-corrected chi connectivity index (χ0v) is 12.6. The maximum absolute atomic E-state index is 13.5. The minimum Gasteiger partial charge on any atom is -0.325 e. The van der Waals surface area contributed by atoms with E-state index in [1.165, 1.54) is 12.1 Å². The maximum atomic E-state index is 13.5. The van der Waals surface area contributed by atoms with Gasteiger partial charge in [-0.15, -0.1) is 0 Å². The number of nitrogens with one attached hydrogen (secondary N) is 3. The number of amides is 1. The summed E-state index contributed by atoms with van der Waals surface area (Å²) in [4.78, 5) is 12.1. The van der Waals surface area contributed by atoms with Crippen LogP contribution in [0.3, 0.4) is 0 Å². The number of carbonyl (C=O) groups excluding carboxylic acids is 1. The SMILES string of the molecule is CC1CCNC1C(=O)Nc1ccc(F)c(NS(C)(=O)=O)c1. The highest BCUT2D eigenvalue weighted by molar-refractivity contribution is 7.92. The third-order valence-electron chi connectivity index (χ3n) is 3.34. The van der Waals surface area contributed by atoms with Crippen molar-refractivity contribution in [2.45, 2.75) is 19.4 Å². The van der Waals surface area contributed by atoms with Crippen molar-refractivity contribution in [3.05, 3.63) is 24.0 Å². The molecule has 1 saturated heterocycles. The van der Waals surface area contributed by atoms with E-state index in [1.54, 1.807) is 0 Å². The molecule has 0 saturated carbocycles. The van der Waals surface area contributed by atoms with E-state index in [2.05, 4.69) is 15.4 Å². The van der Waals surface area contributed by atoms with Gasteiger partial charge in [-0.25, -0.2) is 12.8 Å². The molecule has 1 heterocycles. The van der Waals surface area contributed by atoms with E-state index in [-0.39, 0.29) is 23.6 Å². The number of halogens is 1. The minimum absolute atomic E-state index is 0.192. The zero-order chi connectivity index (χ0) is 15.6. The number of sulfonamides is 1. The standard InChI is InChI=1S/C13H18FN3O3S/c1-8-5-6-15-12(8)13(18)16-9-3-4-10(14)11(7-9)17-21(2,19)20/h3-4,7-8,12,15,17H,5-6H2,1-2H3,(H,16,18). The number of hydrogen-bond donors (Lipinski definition) is 3. The average molecular weight is 315 g/mol. The van der Waals surface area contributed by atoms with Crippen molar-refractivity contribution in [1.29, 1.82) is 0 Å². The Balaban J connectivity index is 2.14. The molecule has 0 aliphatic carbocycles. The van der Waals surface area contributed by atoms with Crippen LogP contribution in [0.25, 0.3) is 0 Å². The zero-order valence-electron chi connectivity index (χ0n) is 11.8. The van der Waals surface area contributed by atoms with Crippen molar-refractivity contribution < 1.29 is 17.6 Å². The van der Waals surface area contributed by atoms with Crippen LogP contribution >= 0.6 is 0 Å². The van der Waals surface area contributed by atoms with E-state index in [1.807, 2.05) is 6.92 Å². The summed E-state index contributed by atoms with van der Waals surface area (Å²) in [5, 5.41) is 5.76. The van der Waals surface area contributed by atoms with Gasteiger partial charge in [0.1, 0.15) is 5.82 Å². The van der Waals surface area contributed by atoms with E-state index in [4.69, 9.17) is 0 Å². The van der Waals surface area contributed by atoms with Crippen LogP contribution in [0.4, 0.5) is 15.8 Å². The fourth-order valence-corrected chi connectivity index (χ4v) is 2.84. The Kier molecular flexibility index (Phi) is 4.48. The summed E-state index contributed by atoms with van der Waals surface area (Å²) >= 11 is 0. The molecule has 6 nitrogen and oxygen atoms in total. The summed E-state index contributed by atoms with van der Waals surface area (Å²) in [5.41, 5.74) is 0.149. The lowest BCUT2D eigenvalue weighted by Crippen LogP contribution is -2.39. The Morgan fingerprint density at radius 2 is 2.14 bits per heavy atom. The van der Waals surface area contributed by atoms with Gasteiger partial charge in [-0.3, -0.25) is 9.52 Å². The van der Waals surface area contributed by atoms with Crippen molar-refractivity contribution >= 4 is 27.3 Å². The van der Waals surface area contributed by atoms with Crippen molar-refractivity contribution in [2.24, 2.45) is 5.92 Å². The minimum atomic E-state index is -3.58. The third kappa shape index (κ3) is 4.15. The molecule has 0 spiro atoms. The summed E-state index contributed by atoms with van der Waals surface area (Å²) in [6, 6.07) is 3.46. The van der Waals surface area contributed by atoms with Gasteiger partial charge >= 0.3 is 0 Å². The Labute approximate surface area is 123 Å². The Morgan fingerprint density at radius 1 is 1.43 bits per heavy atom. The molecule has 2 unspecified atom stereocenters. The molecule has 1 aliphatic rings. The largest absolute Gasteiger partial charge is 0.325 e. The highest BCUT2D eigenvalue weighted by Crippen LogP contribution is 2.22. The maximum Gasteiger partial charge on any atom is 0.241 e. The molecule has 116 valence electrons. The van der Waals surface area contributed by atoms with Gasteiger partial charge in [0.15, 0.2) is 0 Å². The van der Waals surface area contributed by atoms with Crippen LogP contribution in [0.1, 0.15) is 13.3 Å². The number of anilines is 2. The monoisotopic (exact) mass is 315 g/mol. The first kappa shape index (κ1) is 15.7. The first-order valence-electron chi connectivity index (χ1n) is 6.58. The van der Waals surface area contributed by atoms with Crippen molar-refractivity contribution in [1.82, 2.24) is 5.32 Å². The van der Waals surface area contributed by atoms with Gasteiger partial charge in [0.2, 0.25) is 15.9 Å². The topological polar surface area (TPSA) is 87.3 Å².